The monoisotopic (exact) mass is 299 g/mol. The molecule has 0 N–H and O–H groups in total. The van der Waals surface area contributed by atoms with Gasteiger partial charge in [0, 0.05) is 12.8 Å². The first-order valence-corrected chi connectivity index (χ1v) is 6.09. The average Bonchev–Trinajstić information content (AvgIpc) is 2.57. The summed E-state index contributed by atoms with van der Waals surface area (Å²) < 4.78 is 3.21. The van der Waals surface area contributed by atoms with Crippen LogP contribution in [0.1, 0.15) is 19.3 Å². The lowest BCUT2D eigenvalue weighted by Crippen LogP contribution is -2.37. The van der Waals surface area contributed by atoms with E-state index in [1.54, 1.807) is 0 Å². The predicted octanol–water partition coefficient (Wildman–Crippen LogP) is 2.61. The summed E-state index contributed by atoms with van der Waals surface area (Å²) in [5, 5.41) is 10.9. The number of carbonyl (C=O) groups excluding carboxylic acids is 1. The highest BCUT2D eigenvalue weighted by Gasteiger charge is 2.57. The van der Waals surface area contributed by atoms with Gasteiger partial charge in [0.1, 0.15) is 11.7 Å². The van der Waals surface area contributed by atoms with Crippen LogP contribution in [0.4, 0.5) is 0 Å². The van der Waals surface area contributed by atoms with Gasteiger partial charge in [0.2, 0.25) is 3.79 Å². The van der Waals surface area contributed by atoms with Gasteiger partial charge in [-0.1, -0.05) is 34.8 Å². The molecule has 0 aromatic carbocycles. The van der Waals surface area contributed by atoms with Crippen LogP contribution in [-0.2, 0) is 9.53 Å². The highest BCUT2D eigenvalue weighted by molar-refractivity contribution is 6.68. The summed E-state index contributed by atoms with van der Waals surface area (Å²) in [5.41, 5.74) is 0.179. The first kappa shape index (κ1) is 12.9. The maximum Gasteiger partial charge on any atom is 0.364 e. The van der Waals surface area contributed by atoms with Crippen LogP contribution in [0.2, 0.25) is 0 Å². The second-order valence-electron chi connectivity index (χ2n) is 3.93. The molecule has 0 radical (unpaired) electrons. The zero-order chi connectivity index (χ0) is 12.8. The number of carbonyl (C=O) groups is 1. The summed E-state index contributed by atoms with van der Waals surface area (Å²) in [7, 11) is 0. The number of allylic oxidation sites excluding steroid dienone is 1. The summed E-state index contributed by atoms with van der Waals surface area (Å²) in [6.45, 7) is 0. The smallest absolute Gasteiger partial charge is 0.364 e. The Balaban J connectivity index is 2.44. The third-order valence-electron chi connectivity index (χ3n) is 2.83. The number of hydrogen-bond donors (Lipinski definition) is 0. The molecule has 2 atom stereocenters. The van der Waals surface area contributed by atoms with Crippen LogP contribution in [-0.4, -0.2) is 20.7 Å². The van der Waals surface area contributed by atoms with Gasteiger partial charge in [-0.05, 0) is 6.42 Å². The van der Waals surface area contributed by atoms with Crippen LogP contribution in [0, 0.1) is 16.0 Å². The maximum atomic E-state index is 11.8. The molecule has 1 aliphatic heterocycles. The van der Waals surface area contributed by atoms with E-state index in [1.165, 1.54) is 0 Å². The molecule has 2 unspecified atom stereocenters. The number of Topliss-reactive ketones (excluding diaryl/α,β-unsaturated/α-hetero) is 1. The third-order valence-corrected chi connectivity index (χ3v) is 3.53. The Morgan fingerprint density at radius 1 is 1.35 bits per heavy atom. The molecule has 0 saturated carbocycles. The fourth-order valence-electron chi connectivity index (χ4n) is 2.15. The predicted molar refractivity (Wildman–Crippen MR) is 61.5 cm³/mol. The van der Waals surface area contributed by atoms with Crippen LogP contribution in [0.3, 0.4) is 0 Å². The van der Waals surface area contributed by atoms with Crippen LogP contribution in [0.15, 0.2) is 11.3 Å². The van der Waals surface area contributed by atoms with Gasteiger partial charge in [0.05, 0.1) is 10.5 Å². The minimum absolute atomic E-state index is 0.179. The Morgan fingerprint density at radius 3 is 2.53 bits per heavy atom. The van der Waals surface area contributed by atoms with E-state index in [1.807, 2.05) is 0 Å². The Morgan fingerprint density at radius 2 is 2.00 bits per heavy atom. The van der Waals surface area contributed by atoms with Crippen LogP contribution >= 0.6 is 34.8 Å². The van der Waals surface area contributed by atoms with E-state index in [-0.39, 0.29) is 11.4 Å². The molecule has 1 heterocycles. The topological polar surface area (TPSA) is 69.4 Å². The van der Waals surface area contributed by atoms with E-state index in [2.05, 4.69) is 0 Å². The molecule has 8 heteroatoms. The summed E-state index contributed by atoms with van der Waals surface area (Å²) in [4.78, 5) is 22.0. The third kappa shape index (κ3) is 2.23. The van der Waals surface area contributed by atoms with Crippen molar-refractivity contribution in [1.82, 2.24) is 0 Å². The number of alkyl halides is 3. The standard InChI is InChI=1S/C9H8Cl3NO4/c10-9(11,12)7-6-4(14)2-1-3-5(6)17-8(7)13(15)16/h7-8H,1-3H2. The first-order chi connectivity index (χ1) is 7.82. The SMILES string of the molecule is O=C1CCCC2=C1C(C(Cl)(Cl)Cl)C([N+](=O)[O-])O2. The van der Waals surface area contributed by atoms with Crippen molar-refractivity contribution in [2.75, 3.05) is 0 Å². The number of hydrogen-bond acceptors (Lipinski definition) is 4. The molecule has 0 spiro atoms. The molecule has 0 amide bonds. The fraction of sp³-hybridized carbons (Fsp3) is 0.667. The van der Waals surface area contributed by atoms with Crippen molar-refractivity contribution in [2.24, 2.45) is 5.92 Å². The molecule has 94 valence electrons. The Kier molecular flexibility index (Phi) is 3.27. The lowest BCUT2D eigenvalue weighted by Gasteiger charge is -2.21. The van der Waals surface area contributed by atoms with Gasteiger partial charge in [-0.3, -0.25) is 14.9 Å². The molecule has 0 saturated heterocycles. The molecule has 2 rings (SSSR count). The molecular weight excluding hydrogens is 292 g/mol. The number of nitro groups is 1. The quantitative estimate of drug-likeness (QED) is 0.424. The Labute approximate surface area is 112 Å². The Bertz CT molecular complexity index is 415. The van der Waals surface area contributed by atoms with Crippen molar-refractivity contribution in [2.45, 2.75) is 29.3 Å². The number of ketones is 1. The summed E-state index contributed by atoms with van der Waals surface area (Å²) in [5.74, 6) is -1.06. The molecule has 17 heavy (non-hydrogen) atoms. The molecule has 1 aliphatic carbocycles. The van der Waals surface area contributed by atoms with Gasteiger partial charge < -0.3 is 4.74 Å². The minimum atomic E-state index is -1.93. The zero-order valence-corrected chi connectivity index (χ0v) is 10.8. The molecule has 0 bridgehead atoms. The van der Waals surface area contributed by atoms with Crippen molar-refractivity contribution in [3.05, 3.63) is 21.4 Å². The van der Waals surface area contributed by atoms with Crippen LogP contribution < -0.4 is 0 Å². The number of ether oxygens (including phenoxy) is 1. The van der Waals surface area contributed by atoms with Gasteiger partial charge in [-0.2, -0.15) is 0 Å². The first-order valence-electron chi connectivity index (χ1n) is 4.95. The number of rotatable bonds is 1. The van der Waals surface area contributed by atoms with E-state index >= 15 is 0 Å². The van der Waals surface area contributed by atoms with Crippen molar-refractivity contribution in [3.63, 3.8) is 0 Å². The molecule has 2 aliphatic rings. The van der Waals surface area contributed by atoms with E-state index < -0.39 is 20.9 Å². The highest BCUT2D eigenvalue weighted by atomic mass is 35.6. The zero-order valence-electron chi connectivity index (χ0n) is 8.49. The normalized spacial score (nSPS) is 29.0. The van der Waals surface area contributed by atoms with Crippen LogP contribution in [0.25, 0.3) is 0 Å². The second kappa shape index (κ2) is 4.30. The maximum absolute atomic E-state index is 11.8. The highest BCUT2D eigenvalue weighted by Crippen LogP contribution is 2.49. The fourth-order valence-corrected chi connectivity index (χ4v) is 2.80. The van der Waals surface area contributed by atoms with Gasteiger partial charge >= 0.3 is 6.23 Å². The van der Waals surface area contributed by atoms with E-state index in [0.29, 0.717) is 25.0 Å². The Hall–Kier alpha value is -0.520. The summed E-state index contributed by atoms with van der Waals surface area (Å²) in [6.07, 6.45) is -0.101. The largest absolute Gasteiger partial charge is 0.433 e. The molecule has 0 aromatic heterocycles. The second-order valence-corrected chi connectivity index (χ2v) is 6.30. The summed E-state index contributed by atoms with van der Waals surface area (Å²) >= 11 is 17.2. The molecular formula is C9H8Cl3NO4. The minimum Gasteiger partial charge on any atom is -0.433 e. The lowest BCUT2D eigenvalue weighted by molar-refractivity contribution is -0.575. The number of halogens is 3. The van der Waals surface area contributed by atoms with Gasteiger partial charge in [-0.15, -0.1) is 0 Å². The van der Waals surface area contributed by atoms with Crippen molar-refractivity contribution >= 4 is 40.6 Å². The van der Waals surface area contributed by atoms with Gasteiger partial charge in [0.15, 0.2) is 5.78 Å². The van der Waals surface area contributed by atoms with Crippen molar-refractivity contribution in [1.29, 1.82) is 0 Å². The average molecular weight is 301 g/mol. The molecule has 5 nitrogen and oxygen atoms in total. The van der Waals surface area contributed by atoms with E-state index in [4.69, 9.17) is 39.5 Å². The van der Waals surface area contributed by atoms with E-state index in [0.717, 1.165) is 0 Å². The summed E-state index contributed by atoms with van der Waals surface area (Å²) in [6, 6.07) is 0. The van der Waals surface area contributed by atoms with Gasteiger partial charge in [-0.25, -0.2) is 0 Å². The van der Waals surface area contributed by atoms with Gasteiger partial charge in [0.25, 0.3) is 0 Å². The van der Waals surface area contributed by atoms with Crippen molar-refractivity contribution in [3.8, 4) is 0 Å². The lowest BCUT2D eigenvalue weighted by atomic mass is 9.89. The molecule has 0 fully saturated rings. The van der Waals surface area contributed by atoms with Crippen LogP contribution in [0.5, 0.6) is 0 Å². The van der Waals surface area contributed by atoms with Crippen molar-refractivity contribution < 1.29 is 14.5 Å². The number of nitrogens with zero attached hydrogens (tertiary/aromatic N) is 1. The van der Waals surface area contributed by atoms with E-state index in [9.17, 15) is 14.9 Å². The molecule has 0 aromatic rings.